The van der Waals surface area contributed by atoms with Gasteiger partial charge in [0.2, 0.25) is 0 Å². The van der Waals surface area contributed by atoms with Crippen molar-refractivity contribution < 1.29 is 0 Å². The number of para-hydroxylation sites is 1. The third-order valence-electron chi connectivity index (χ3n) is 3.29. The Morgan fingerprint density at radius 2 is 2.12 bits per heavy atom. The summed E-state index contributed by atoms with van der Waals surface area (Å²) >= 11 is 0. The molecule has 1 aromatic carbocycles. The minimum atomic E-state index is 0.805. The van der Waals surface area contributed by atoms with Crippen LogP contribution >= 0.6 is 0 Å². The zero-order valence-electron chi connectivity index (χ0n) is 9.85. The Balaban J connectivity index is 2.04. The summed E-state index contributed by atoms with van der Waals surface area (Å²) in [6, 6.07) is 10.4. The third-order valence-corrected chi connectivity index (χ3v) is 3.29. The summed E-state index contributed by atoms with van der Waals surface area (Å²) in [6.07, 6.45) is 2.91. The van der Waals surface area contributed by atoms with Crippen LogP contribution in [-0.2, 0) is 6.42 Å². The fourth-order valence-corrected chi connectivity index (χ4v) is 2.25. The molecule has 0 fully saturated rings. The van der Waals surface area contributed by atoms with E-state index in [0.717, 1.165) is 30.0 Å². The number of anilines is 3. The molecule has 0 saturated heterocycles. The Kier molecular flexibility index (Phi) is 2.25. The number of nitrogen functional groups attached to an aromatic ring is 1. The summed E-state index contributed by atoms with van der Waals surface area (Å²) in [6.45, 7) is 2.96. The lowest BCUT2D eigenvalue weighted by atomic mass is 10.2. The maximum Gasteiger partial charge on any atom is 0.135 e. The van der Waals surface area contributed by atoms with E-state index < -0.39 is 0 Å². The van der Waals surface area contributed by atoms with E-state index in [1.165, 1.54) is 11.3 Å². The molecule has 2 aromatic rings. The van der Waals surface area contributed by atoms with Gasteiger partial charge in [-0.15, -0.1) is 0 Å². The second kappa shape index (κ2) is 3.77. The second-order valence-electron chi connectivity index (χ2n) is 4.43. The predicted octanol–water partition coefficient (Wildman–Crippen LogP) is 2.67. The van der Waals surface area contributed by atoms with E-state index in [0.29, 0.717) is 0 Å². The van der Waals surface area contributed by atoms with Crippen LogP contribution in [0.5, 0.6) is 0 Å². The van der Waals surface area contributed by atoms with Crippen LogP contribution in [0.1, 0.15) is 11.1 Å². The molecule has 2 heterocycles. The highest BCUT2D eigenvalue weighted by Crippen LogP contribution is 2.33. The molecule has 1 aliphatic heterocycles. The molecule has 1 aliphatic rings. The number of aromatic nitrogens is 1. The van der Waals surface area contributed by atoms with E-state index in [-0.39, 0.29) is 0 Å². The lowest BCUT2D eigenvalue weighted by Crippen LogP contribution is -2.15. The van der Waals surface area contributed by atoms with Gasteiger partial charge in [0.05, 0.1) is 0 Å². The molecule has 0 atom stereocenters. The average molecular weight is 225 g/mol. The number of benzene rings is 1. The number of rotatable bonds is 1. The first kappa shape index (κ1) is 10.1. The van der Waals surface area contributed by atoms with Gasteiger partial charge in [-0.25, -0.2) is 4.98 Å². The number of nitrogens with zero attached hydrogens (tertiary/aromatic N) is 2. The molecule has 17 heavy (non-hydrogen) atoms. The van der Waals surface area contributed by atoms with Crippen molar-refractivity contribution in [1.82, 2.24) is 4.98 Å². The number of hydrogen-bond donors (Lipinski definition) is 1. The second-order valence-corrected chi connectivity index (χ2v) is 4.43. The van der Waals surface area contributed by atoms with Crippen LogP contribution < -0.4 is 10.6 Å². The Morgan fingerprint density at radius 1 is 1.29 bits per heavy atom. The van der Waals surface area contributed by atoms with Crippen LogP contribution in [0.2, 0.25) is 0 Å². The number of aryl methyl sites for hydroxylation is 1. The molecule has 0 aliphatic carbocycles. The molecule has 0 radical (unpaired) electrons. The molecule has 0 amide bonds. The Labute approximate surface area is 101 Å². The van der Waals surface area contributed by atoms with Crippen molar-refractivity contribution in [2.45, 2.75) is 13.3 Å². The number of hydrogen-bond acceptors (Lipinski definition) is 3. The molecule has 0 bridgehead atoms. The molecule has 3 nitrogen and oxygen atoms in total. The molecule has 3 heteroatoms. The van der Waals surface area contributed by atoms with Crippen LogP contribution in [0.4, 0.5) is 17.2 Å². The number of pyridine rings is 1. The molecule has 0 spiro atoms. The Bertz CT molecular complexity index is 563. The van der Waals surface area contributed by atoms with Crippen molar-refractivity contribution in [1.29, 1.82) is 0 Å². The molecule has 3 rings (SSSR count). The summed E-state index contributed by atoms with van der Waals surface area (Å²) < 4.78 is 0. The molecular formula is C14H15N3. The zero-order valence-corrected chi connectivity index (χ0v) is 9.85. The van der Waals surface area contributed by atoms with Crippen LogP contribution in [0.3, 0.4) is 0 Å². The maximum atomic E-state index is 5.94. The van der Waals surface area contributed by atoms with E-state index in [4.69, 9.17) is 5.73 Å². The highest BCUT2D eigenvalue weighted by atomic mass is 15.2. The Hall–Kier alpha value is -2.03. The van der Waals surface area contributed by atoms with Crippen LogP contribution in [0.25, 0.3) is 0 Å². The first-order valence-corrected chi connectivity index (χ1v) is 5.83. The third kappa shape index (κ3) is 1.64. The first-order valence-electron chi connectivity index (χ1n) is 5.83. The van der Waals surface area contributed by atoms with Crippen LogP contribution in [0, 0.1) is 6.92 Å². The van der Waals surface area contributed by atoms with Crippen molar-refractivity contribution in [2.75, 3.05) is 17.2 Å². The van der Waals surface area contributed by atoms with Gasteiger partial charge in [0.25, 0.3) is 0 Å². The van der Waals surface area contributed by atoms with E-state index in [1.807, 2.05) is 19.2 Å². The summed E-state index contributed by atoms with van der Waals surface area (Å²) in [5.41, 5.74) is 10.4. The van der Waals surface area contributed by atoms with Crippen LogP contribution in [-0.4, -0.2) is 11.5 Å². The van der Waals surface area contributed by atoms with Crippen molar-refractivity contribution in [3.63, 3.8) is 0 Å². The summed E-state index contributed by atoms with van der Waals surface area (Å²) in [7, 11) is 0. The smallest absolute Gasteiger partial charge is 0.135 e. The van der Waals surface area contributed by atoms with Gasteiger partial charge in [-0.2, -0.15) is 0 Å². The molecule has 2 N–H and O–H groups in total. The highest BCUT2D eigenvalue weighted by molar-refractivity contribution is 5.69. The fraction of sp³-hybridized carbons (Fsp3) is 0.214. The fourth-order valence-electron chi connectivity index (χ4n) is 2.25. The van der Waals surface area contributed by atoms with Gasteiger partial charge in [0.1, 0.15) is 5.82 Å². The van der Waals surface area contributed by atoms with Gasteiger partial charge in [0.15, 0.2) is 0 Å². The summed E-state index contributed by atoms with van der Waals surface area (Å²) in [5, 5.41) is 0. The zero-order chi connectivity index (χ0) is 11.8. The largest absolute Gasteiger partial charge is 0.398 e. The highest BCUT2D eigenvalue weighted by Gasteiger charge is 2.20. The minimum Gasteiger partial charge on any atom is -0.398 e. The normalized spacial score (nSPS) is 13.8. The molecule has 1 aromatic heterocycles. The lowest BCUT2D eigenvalue weighted by Gasteiger charge is -2.19. The summed E-state index contributed by atoms with van der Waals surface area (Å²) in [4.78, 5) is 6.69. The number of fused-ring (bicyclic) bond motifs is 1. The van der Waals surface area contributed by atoms with Crippen molar-refractivity contribution in [3.05, 3.63) is 47.7 Å². The monoisotopic (exact) mass is 225 g/mol. The van der Waals surface area contributed by atoms with Gasteiger partial charge in [-0.1, -0.05) is 18.2 Å². The van der Waals surface area contributed by atoms with E-state index in [9.17, 15) is 0 Å². The van der Waals surface area contributed by atoms with Gasteiger partial charge in [-0.05, 0) is 30.5 Å². The van der Waals surface area contributed by atoms with Gasteiger partial charge < -0.3 is 10.6 Å². The predicted molar refractivity (Wildman–Crippen MR) is 70.5 cm³/mol. The number of nitrogens with two attached hydrogens (primary N) is 1. The minimum absolute atomic E-state index is 0.805. The van der Waals surface area contributed by atoms with Crippen molar-refractivity contribution in [2.24, 2.45) is 0 Å². The molecular weight excluding hydrogens is 210 g/mol. The first-order chi connectivity index (χ1) is 8.25. The van der Waals surface area contributed by atoms with E-state index >= 15 is 0 Å². The molecule has 0 saturated carbocycles. The van der Waals surface area contributed by atoms with Gasteiger partial charge in [0, 0.05) is 30.2 Å². The van der Waals surface area contributed by atoms with Gasteiger partial charge >= 0.3 is 0 Å². The SMILES string of the molecule is Cc1cnc(N2CCc3ccccc32)cc1N. The van der Waals surface area contributed by atoms with Crippen molar-refractivity contribution in [3.8, 4) is 0 Å². The topological polar surface area (TPSA) is 42.2 Å². The van der Waals surface area contributed by atoms with Crippen molar-refractivity contribution >= 4 is 17.2 Å². The average Bonchev–Trinajstić information content (AvgIpc) is 2.76. The molecule has 0 unspecified atom stereocenters. The van der Waals surface area contributed by atoms with E-state index in [1.54, 1.807) is 0 Å². The maximum absolute atomic E-state index is 5.94. The van der Waals surface area contributed by atoms with E-state index in [2.05, 4.69) is 34.1 Å². The van der Waals surface area contributed by atoms with Gasteiger partial charge in [-0.3, -0.25) is 0 Å². The standard InChI is InChI=1S/C14H15N3/c1-10-9-16-14(8-12(10)15)17-7-6-11-4-2-3-5-13(11)17/h2-5,8-9H,6-7H2,1H3,(H2,15,16). The Morgan fingerprint density at radius 3 is 2.94 bits per heavy atom. The quantitative estimate of drug-likeness (QED) is 0.811. The molecule has 86 valence electrons. The lowest BCUT2D eigenvalue weighted by molar-refractivity contribution is 0.973. The van der Waals surface area contributed by atoms with Crippen LogP contribution in [0.15, 0.2) is 36.5 Å². The summed E-state index contributed by atoms with van der Waals surface area (Å²) in [5.74, 6) is 0.943.